The van der Waals surface area contributed by atoms with E-state index in [1.165, 1.54) is 96.3 Å². The van der Waals surface area contributed by atoms with Crippen LogP contribution in [0.25, 0.3) is 0 Å². The number of carbonyl (C=O) groups excluding carboxylic acids is 2. The van der Waals surface area contributed by atoms with Crippen LogP contribution < -0.4 is 0 Å². The Hall–Kier alpha value is -0.660. The van der Waals surface area contributed by atoms with Crippen molar-refractivity contribution in [1.82, 2.24) is 0 Å². The smallest absolute Gasteiger partial charge is 0.130 e. The van der Waals surface area contributed by atoms with Crippen molar-refractivity contribution in [1.29, 1.82) is 0 Å². The van der Waals surface area contributed by atoms with Gasteiger partial charge in [0, 0.05) is 12.8 Å². The molecular formula is C24H44O2. The van der Waals surface area contributed by atoms with Crippen LogP contribution in [0.15, 0.2) is 0 Å². The normalized spacial score (nSPS) is 22.1. The Labute approximate surface area is 162 Å². The molecule has 3 rings (SSSR count). The maximum atomic E-state index is 11.2. The van der Waals surface area contributed by atoms with E-state index in [1.807, 2.05) is 0 Å². The first-order valence-corrected chi connectivity index (χ1v) is 11.5. The van der Waals surface area contributed by atoms with E-state index < -0.39 is 0 Å². The number of ketones is 2. The number of rotatable bonds is 4. The lowest BCUT2D eigenvalue weighted by molar-refractivity contribution is -0.123. The van der Waals surface area contributed by atoms with Crippen LogP contribution in [-0.2, 0) is 9.59 Å². The molecule has 0 heterocycles. The van der Waals surface area contributed by atoms with E-state index in [1.54, 1.807) is 13.8 Å². The summed E-state index contributed by atoms with van der Waals surface area (Å²) in [6.45, 7) is 3.27. The van der Waals surface area contributed by atoms with Crippen molar-refractivity contribution in [2.24, 2.45) is 5.41 Å². The van der Waals surface area contributed by atoms with Gasteiger partial charge < -0.3 is 9.59 Å². The lowest BCUT2D eigenvalue weighted by atomic mass is 9.68. The largest absolute Gasteiger partial charge is 0.300 e. The molecule has 152 valence electrons. The SMILES string of the molecule is C1CCCCC1.C1CCCCC1.CC(=O)CC1(CC(C)=O)CCCCC1. The monoisotopic (exact) mass is 364 g/mol. The molecule has 0 unspecified atom stereocenters. The molecule has 0 aromatic heterocycles. The van der Waals surface area contributed by atoms with Crippen LogP contribution in [-0.4, -0.2) is 11.6 Å². The highest BCUT2D eigenvalue weighted by molar-refractivity contribution is 5.80. The number of hydrogen-bond acceptors (Lipinski definition) is 2. The van der Waals surface area contributed by atoms with Gasteiger partial charge in [-0.3, -0.25) is 0 Å². The Bertz CT molecular complexity index is 319. The topological polar surface area (TPSA) is 34.1 Å². The average molecular weight is 365 g/mol. The zero-order valence-electron chi connectivity index (χ0n) is 17.8. The maximum absolute atomic E-state index is 11.2. The molecule has 2 heteroatoms. The Morgan fingerprint density at radius 3 is 0.962 bits per heavy atom. The summed E-state index contributed by atoms with van der Waals surface area (Å²) in [7, 11) is 0. The van der Waals surface area contributed by atoms with Gasteiger partial charge in [0.15, 0.2) is 0 Å². The van der Waals surface area contributed by atoms with Gasteiger partial charge in [0.1, 0.15) is 11.6 Å². The summed E-state index contributed by atoms with van der Waals surface area (Å²) in [5, 5.41) is 0. The molecule has 2 nitrogen and oxygen atoms in total. The van der Waals surface area contributed by atoms with E-state index >= 15 is 0 Å². The Balaban J connectivity index is 0.000000230. The van der Waals surface area contributed by atoms with Crippen molar-refractivity contribution >= 4 is 11.6 Å². The molecule has 0 N–H and O–H groups in total. The molecule has 0 bridgehead atoms. The van der Waals surface area contributed by atoms with Crippen LogP contribution in [0, 0.1) is 5.41 Å². The minimum atomic E-state index is 0.0237. The molecule has 0 radical (unpaired) electrons. The van der Waals surface area contributed by atoms with Crippen molar-refractivity contribution in [2.45, 2.75) is 136 Å². The second-order valence-corrected chi connectivity index (χ2v) is 9.06. The van der Waals surface area contributed by atoms with Gasteiger partial charge in [-0.15, -0.1) is 0 Å². The standard InChI is InChI=1S/C12H20O2.2C6H12/c1-10(13)8-12(9-11(2)14)6-4-3-5-7-12;2*1-2-4-6-5-3-1/h3-9H2,1-2H3;2*1-6H2. The van der Waals surface area contributed by atoms with Crippen LogP contribution in [0.3, 0.4) is 0 Å². The summed E-state index contributed by atoms with van der Waals surface area (Å²) in [4.78, 5) is 22.4. The molecule has 0 saturated heterocycles. The molecule has 3 fully saturated rings. The Morgan fingerprint density at radius 2 is 0.731 bits per heavy atom. The summed E-state index contributed by atoms with van der Waals surface area (Å²) in [5.74, 6) is 0.460. The zero-order chi connectivity index (χ0) is 19.1. The number of Topliss-reactive ketones (excluding diaryl/α,β-unsaturated/α-hetero) is 2. The lowest BCUT2D eigenvalue weighted by Crippen LogP contribution is -2.28. The number of hydrogen-bond donors (Lipinski definition) is 0. The van der Waals surface area contributed by atoms with Gasteiger partial charge in [-0.25, -0.2) is 0 Å². The fourth-order valence-corrected chi connectivity index (χ4v) is 4.90. The van der Waals surface area contributed by atoms with Crippen molar-refractivity contribution in [3.05, 3.63) is 0 Å². The molecule has 0 spiro atoms. The molecule has 3 aliphatic rings. The summed E-state index contributed by atoms with van der Waals surface area (Å²) in [6, 6.07) is 0. The van der Waals surface area contributed by atoms with Crippen molar-refractivity contribution < 1.29 is 9.59 Å². The molecule has 26 heavy (non-hydrogen) atoms. The number of carbonyl (C=O) groups is 2. The van der Waals surface area contributed by atoms with Gasteiger partial charge in [0.05, 0.1) is 0 Å². The Morgan fingerprint density at radius 1 is 0.500 bits per heavy atom. The van der Waals surface area contributed by atoms with Crippen LogP contribution in [0.1, 0.15) is 136 Å². The third-order valence-corrected chi connectivity index (χ3v) is 6.16. The second-order valence-electron chi connectivity index (χ2n) is 9.06. The van der Waals surface area contributed by atoms with Crippen LogP contribution >= 0.6 is 0 Å². The molecule has 0 amide bonds. The second kappa shape index (κ2) is 14.4. The van der Waals surface area contributed by atoms with E-state index in [2.05, 4.69) is 0 Å². The van der Waals surface area contributed by atoms with Crippen LogP contribution in [0.4, 0.5) is 0 Å². The fourth-order valence-electron chi connectivity index (χ4n) is 4.90. The molecule has 0 aromatic carbocycles. The third kappa shape index (κ3) is 11.9. The van der Waals surface area contributed by atoms with Gasteiger partial charge in [0.2, 0.25) is 0 Å². The van der Waals surface area contributed by atoms with E-state index in [4.69, 9.17) is 0 Å². The van der Waals surface area contributed by atoms with Crippen molar-refractivity contribution in [3.8, 4) is 0 Å². The van der Waals surface area contributed by atoms with Gasteiger partial charge in [-0.1, -0.05) is 96.3 Å². The van der Waals surface area contributed by atoms with Gasteiger partial charge in [0.25, 0.3) is 0 Å². The first-order valence-electron chi connectivity index (χ1n) is 11.5. The molecule has 0 atom stereocenters. The van der Waals surface area contributed by atoms with Crippen molar-refractivity contribution in [3.63, 3.8) is 0 Å². The predicted molar refractivity (Wildman–Crippen MR) is 112 cm³/mol. The Kier molecular flexibility index (Phi) is 13.0. The lowest BCUT2D eigenvalue weighted by Gasteiger charge is -2.35. The van der Waals surface area contributed by atoms with Gasteiger partial charge in [-0.2, -0.15) is 0 Å². The van der Waals surface area contributed by atoms with Gasteiger partial charge >= 0.3 is 0 Å². The maximum Gasteiger partial charge on any atom is 0.130 e. The molecule has 3 aliphatic carbocycles. The molecule has 0 aliphatic heterocycles. The first kappa shape index (κ1) is 23.4. The minimum Gasteiger partial charge on any atom is -0.300 e. The molecule has 3 saturated carbocycles. The van der Waals surface area contributed by atoms with Crippen LogP contribution in [0.5, 0.6) is 0 Å². The first-order chi connectivity index (χ1) is 12.5. The molecular weight excluding hydrogens is 320 g/mol. The summed E-state index contributed by atoms with van der Waals surface area (Å²) < 4.78 is 0. The van der Waals surface area contributed by atoms with E-state index in [0.717, 1.165) is 12.8 Å². The minimum absolute atomic E-state index is 0.0237. The summed E-state index contributed by atoms with van der Waals surface area (Å²) in [6.07, 6.45) is 25.0. The summed E-state index contributed by atoms with van der Waals surface area (Å²) in [5.41, 5.74) is 0.0237. The summed E-state index contributed by atoms with van der Waals surface area (Å²) >= 11 is 0. The fraction of sp³-hybridized carbons (Fsp3) is 0.917. The van der Waals surface area contributed by atoms with Crippen LogP contribution in [0.2, 0.25) is 0 Å². The molecule has 0 aromatic rings. The van der Waals surface area contributed by atoms with Crippen molar-refractivity contribution in [2.75, 3.05) is 0 Å². The predicted octanol–water partition coefficient (Wildman–Crippen LogP) is 7.58. The highest BCUT2D eigenvalue weighted by atomic mass is 16.1. The van der Waals surface area contributed by atoms with E-state index in [0.29, 0.717) is 12.8 Å². The zero-order valence-corrected chi connectivity index (χ0v) is 17.8. The average Bonchev–Trinajstić information content (AvgIpc) is 2.65. The van der Waals surface area contributed by atoms with E-state index in [9.17, 15) is 9.59 Å². The quantitative estimate of drug-likeness (QED) is 0.515. The van der Waals surface area contributed by atoms with Gasteiger partial charge in [-0.05, 0) is 32.1 Å². The van der Waals surface area contributed by atoms with E-state index in [-0.39, 0.29) is 17.0 Å². The third-order valence-electron chi connectivity index (χ3n) is 6.16. The highest BCUT2D eigenvalue weighted by Gasteiger charge is 2.34. The highest BCUT2D eigenvalue weighted by Crippen LogP contribution is 2.42.